The highest BCUT2D eigenvalue weighted by Crippen LogP contribution is 2.21. The molecule has 0 aliphatic carbocycles. The van der Waals surface area contributed by atoms with E-state index in [1.165, 1.54) is 24.8 Å². The van der Waals surface area contributed by atoms with Crippen molar-refractivity contribution >= 4 is 17.0 Å². The van der Waals surface area contributed by atoms with Gasteiger partial charge in [0.05, 0.1) is 6.61 Å². The second-order valence-corrected chi connectivity index (χ2v) is 5.79. The molecule has 0 saturated heterocycles. The molecule has 0 saturated carbocycles. The summed E-state index contributed by atoms with van der Waals surface area (Å²) in [6.07, 6.45) is 1.36. The van der Waals surface area contributed by atoms with Gasteiger partial charge in [-0.05, 0) is 5.56 Å². The summed E-state index contributed by atoms with van der Waals surface area (Å²) in [6.45, 7) is 1.17. The van der Waals surface area contributed by atoms with Crippen molar-refractivity contribution in [2.24, 2.45) is 0 Å². The van der Waals surface area contributed by atoms with Crippen molar-refractivity contribution in [3.63, 3.8) is 0 Å². The van der Waals surface area contributed by atoms with E-state index in [0.717, 1.165) is 10.1 Å². The Morgan fingerprint density at radius 2 is 1.85 bits per heavy atom. The van der Waals surface area contributed by atoms with Crippen molar-refractivity contribution in [1.29, 1.82) is 0 Å². The second-order valence-electron chi connectivity index (χ2n) is 5.79. The van der Waals surface area contributed by atoms with E-state index in [4.69, 9.17) is 14.2 Å². The van der Waals surface area contributed by atoms with Crippen LogP contribution in [-0.4, -0.2) is 27.2 Å². The molecule has 27 heavy (non-hydrogen) atoms. The van der Waals surface area contributed by atoms with Crippen LogP contribution in [0.2, 0.25) is 0 Å². The van der Waals surface area contributed by atoms with Gasteiger partial charge in [-0.15, -0.1) is 0 Å². The van der Waals surface area contributed by atoms with Crippen LogP contribution < -0.4 is 16.0 Å². The van der Waals surface area contributed by atoms with Gasteiger partial charge in [0, 0.05) is 20.2 Å². The number of ether oxygens (including phenoxy) is 3. The Hall–Kier alpha value is -3.17. The molecular formula is C18H19N3O6. The first-order valence-electron chi connectivity index (χ1n) is 8.16. The standard InChI is InChI=1S/C18H19N3O6/c1-12(22)27-14-8-19-16-15(14)17(23)21(10-25-2)18(24)20(16)11-26-9-13-6-4-3-5-7-13/h3-8,19H,9-11H2,1-2H3. The van der Waals surface area contributed by atoms with Crippen LogP contribution in [0.15, 0.2) is 46.1 Å². The van der Waals surface area contributed by atoms with Crippen molar-refractivity contribution in [3.8, 4) is 5.75 Å². The average molecular weight is 373 g/mol. The number of aromatic amines is 1. The van der Waals surface area contributed by atoms with Crippen molar-refractivity contribution in [1.82, 2.24) is 14.1 Å². The molecule has 0 radical (unpaired) electrons. The zero-order valence-electron chi connectivity index (χ0n) is 14.9. The number of benzene rings is 1. The Labute approximate surface area is 153 Å². The van der Waals surface area contributed by atoms with Gasteiger partial charge in [-0.1, -0.05) is 30.3 Å². The van der Waals surface area contributed by atoms with Gasteiger partial charge in [0.15, 0.2) is 5.75 Å². The zero-order valence-corrected chi connectivity index (χ0v) is 14.9. The van der Waals surface area contributed by atoms with Gasteiger partial charge < -0.3 is 19.2 Å². The van der Waals surface area contributed by atoms with Crippen molar-refractivity contribution < 1.29 is 19.0 Å². The molecule has 9 nitrogen and oxygen atoms in total. The van der Waals surface area contributed by atoms with Gasteiger partial charge in [-0.25, -0.2) is 9.36 Å². The van der Waals surface area contributed by atoms with E-state index in [2.05, 4.69) is 4.98 Å². The number of hydrogen-bond acceptors (Lipinski definition) is 6. The van der Waals surface area contributed by atoms with E-state index >= 15 is 0 Å². The van der Waals surface area contributed by atoms with Crippen LogP contribution in [0.3, 0.4) is 0 Å². The van der Waals surface area contributed by atoms with E-state index in [1.807, 2.05) is 30.3 Å². The molecule has 3 rings (SSSR count). The highest BCUT2D eigenvalue weighted by Gasteiger charge is 2.19. The monoisotopic (exact) mass is 373 g/mol. The summed E-state index contributed by atoms with van der Waals surface area (Å²) in [6, 6.07) is 9.47. The zero-order chi connectivity index (χ0) is 19.4. The molecule has 0 aliphatic rings. The summed E-state index contributed by atoms with van der Waals surface area (Å²) in [5, 5.41) is 0.0742. The van der Waals surface area contributed by atoms with Crippen molar-refractivity contribution in [2.45, 2.75) is 27.0 Å². The molecular weight excluding hydrogens is 354 g/mol. The lowest BCUT2D eigenvalue weighted by Crippen LogP contribution is -2.40. The maximum atomic E-state index is 12.7. The molecule has 2 aromatic heterocycles. The quantitative estimate of drug-likeness (QED) is 0.624. The van der Waals surface area contributed by atoms with Crippen LogP contribution >= 0.6 is 0 Å². The van der Waals surface area contributed by atoms with Gasteiger partial charge in [0.1, 0.15) is 24.5 Å². The Bertz CT molecular complexity index is 1060. The Kier molecular flexibility index (Phi) is 5.53. The minimum atomic E-state index is -0.617. The fraction of sp³-hybridized carbons (Fsp3) is 0.278. The van der Waals surface area contributed by atoms with E-state index in [-0.39, 0.29) is 36.9 Å². The van der Waals surface area contributed by atoms with Gasteiger partial charge in [0.2, 0.25) is 0 Å². The number of methoxy groups -OCH3 is 1. The summed E-state index contributed by atoms with van der Waals surface area (Å²) in [5.74, 6) is -0.532. The predicted molar refractivity (Wildman–Crippen MR) is 96.4 cm³/mol. The van der Waals surface area contributed by atoms with Crippen molar-refractivity contribution in [2.75, 3.05) is 7.11 Å². The number of carbonyl (C=O) groups is 1. The molecule has 9 heteroatoms. The number of nitrogens with zero attached hydrogens (tertiary/aromatic N) is 2. The third-order valence-corrected chi connectivity index (χ3v) is 3.86. The summed E-state index contributed by atoms with van der Waals surface area (Å²) in [7, 11) is 1.37. The number of hydrogen-bond donors (Lipinski definition) is 1. The lowest BCUT2D eigenvalue weighted by Gasteiger charge is -2.12. The van der Waals surface area contributed by atoms with Crippen LogP contribution in [0.1, 0.15) is 12.5 Å². The third-order valence-electron chi connectivity index (χ3n) is 3.86. The first-order valence-corrected chi connectivity index (χ1v) is 8.16. The maximum Gasteiger partial charge on any atom is 0.336 e. The summed E-state index contributed by atoms with van der Waals surface area (Å²) in [4.78, 5) is 39.5. The molecule has 0 unspecified atom stereocenters. The summed E-state index contributed by atoms with van der Waals surface area (Å²) >= 11 is 0. The largest absolute Gasteiger partial charge is 0.424 e. The van der Waals surface area contributed by atoms with E-state index in [9.17, 15) is 14.4 Å². The third kappa shape index (κ3) is 3.83. The Balaban J connectivity index is 2.02. The van der Waals surface area contributed by atoms with E-state index in [1.54, 1.807) is 0 Å². The van der Waals surface area contributed by atoms with Crippen LogP contribution in [0.4, 0.5) is 0 Å². The Morgan fingerprint density at radius 1 is 1.11 bits per heavy atom. The summed E-state index contributed by atoms with van der Waals surface area (Å²) < 4.78 is 17.8. The number of rotatable bonds is 7. The maximum absolute atomic E-state index is 12.7. The first-order chi connectivity index (χ1) is 13.0. The molecule has 1 aromatic carbocycles. The molecule has 1 N–H and O–H groups in total. The first kappa shape index (κ1) is 18.6. The number of H-pyrrole nitrogens is 1. The highest BCUT2D eigenvalue weighted by molar-refractivity contribution is 5.85. The minimum Gasteiger partial charge on any atom is -0.424 e. The van der Waals surface area contributed by atoms with Crippen LogP contribution in [0.25, 0.3) is 11.0 Å². The predicted octanol–water partition coefficient (Wildman–Crippen LogP) is 1.19. The second kappa shape index (κ2) is 8.02. The molecule has 0 fully saturated rings. The van der Waals surface area contributed by atoms with Gasteiger partial charge in [-0.3, -0.25) is 14.2 Å². The Morgan fingerprint density at radius 3 is 2.52 bits per heavy atom. The topological polar surface area (TPSA) is 105 Å². The molecule has 0 amide bonds. The normalized spacial score (nSPS) is 11.0. The number of esters is 1. The number of nitrogens with one attached hydrogen (secondary N) is 1. The minimum absolute atomic E-state index is 0.0455. The number of fused-ring (bicyclic) bond motifs is 1. The van der Waals surface area contributed by atoms with Crippen LogP contribution in [0.5, 0.6) is 5.75 Å². The van der Waals surface area contributed by atoms with E-state index in [0.29, 0.717) is 0 Å². The van der Waals surface area contributed by atoms with Gasteiger partial charge in [0.25, 0.3) is 5.56 Å². The van der Waals surface area contributed by atoms with Crippen LogP contribution in [-0.2, 0) is 34.3 Å². The molecule has 0 spiro atoms. The van der Waals surface area contributed by atoms with Crippen molar-refractivity contribution in [3.05, 3.63) is 62.9 Å². The van der Waals surface area contributed by atoms with Crippen LogP contribution in [0, 0.1) is 0 Å². The SMILES string of the molecule is COCn1c(=O)c2c(OC(C)=O)c[nH]c2n(COCc2ccccc2)c1=O. The number of carbonyl (C=O) groups excluding carboxylic acids is 1. The highest BCUT2D eigenvalue weighted by atomic mass is 16.5. The van der Waals surface area contributed by atoms with Gasteiger partial charge in [-0.2, -0.15) is 0 Å². The van der Waals surface area contributed by atoms with Gasteiger partial charge >= 0.3 is 11.7 Å². The molecule has 0 bridgehead atoms. The molecule has 2 heterocycles. The molecule has 142 valence electrons. The van der Waals surface area contributed by atoms with E-state index < -0.39 is 17.2 Å². The molecule has 3 aromatic rings. The number of aromatic nitrogens is 3. The lowest BCUT2D eigenvalue weighted by atomic mass is 10.2. The molecule has 0 atom stereocenters. The smallest absolute Gasteiger partial charge is 0.336 e. The fourth-order valence-electron chi connectivity index (χ4n) is 2.70. The average Bonchev–Trinajstić information content (AvgIpc) is 3.05. The summed E-state index contributed by atoms with van der Waals surface area (Å²) in [5.41, 5.74) is -0.0620. The lowest BCUT2D eigenvalue weighted by molar-refractivity contribution is -0.131. The fourth-order valence-corrected chi connectivity index (χ4v) is 2.70. The molecule has 0 aliphatic heterocycles.